The molecule has 0 spiro atoms. The van der Waals surface area contributed by atoms with Gasteiger partial charge in [0.15, 0.2) is 23.2 Å². The highest BCUT2D eigenvalue weighted by Gasteiger charge is 2.34. The number of carbonyl (C=O) groups excluding carboxylic acids is 2. The van der Waals surface area contributed by atoms with Crippen LogP contribution >= 0.6 is 11.6 Å². The van der Waals surface area contributed by atoms with Crippen molar-refractivity contribution in [1.82, 2.24) is 19.8 Å². The molecular weight excluding hydrogens is 534 g/mol. The maximum absolute atomic E-state index is 12.3. The number of amides is 1. The molecule has 0 fully saturated rings. The number of nitrogens with one attached hydrogen (secondary N) is 2. The van der Waals surface area contributed by atoms with E-state index in [1.807, 2.05) is 13.8 Å². The normalized spacial score (nSPS) is 12.4. The highest BCUT2D eigenvalue weighted by Crippen LogP contribution is 2.36. The molecule has 2 heterocycles. The van der Waals surface area contributed by atoms with Gasteiger partial charge < -0.3 is 10.1 Å². The van der Waals surface area contributed by atoms with Gasteiger partial charge in [-0.05, 0) is 44.0 Å². The summed E-state index contributed by atoms with van der Waals surface area (Å²) in [6, 6.07) is 7.09. The highest BCUT2D eigenvalue weighted by atomic mass is 35.5. The molecule has 3 aromatic rings. The van der Waals surface area contributed by atoms with Crippen molar-refractivity contribution in [2.24, 2.45) is 0 Å². The minimum absolute atomic E-state index is 0.0490. The molecule has 0 aliphatic rings. The van der Waals surface area contributed by atoms with E-state index >= 15 is 0 Å². The molecule has 216 valence electrons. The fourth-order valence-electron chi connectivity index (χ4n) is 3.99. The summed E-state index contributed by atoms with van der Waals surface area (Å²) in [5.41, 5.74) is 1.47. The fraction of sp³-hybridized carbons (Fsp3) is 0.517. The lowest BCUT2D eigenvalue weighted by atomic mass is 9.99. The number of aromatic nitrogens is 4. The largest absolute Gasteiger partial charge is 0.466 e. The predicted molar refractivity (Wildman–Crippen MR) is 153 cm³/mol. The van der Waals surface area contributed by atoms with Gasteiger partial charge in [-0.15, -0.1) is 5.10 Å². The number of aromatic amines is 1. The molecule has 1 aromatic carbocycles. The van der Waals surface area contributed by atoms with Gasteiger partial charge in [0.1, 0.15) is 5.02 Å². The molecule has 10 nitrogen and oxygen atoms in total. The van der Waals surface area contributed by atoms with Gasteiger partial charge in [0.25, 0.3) is 0 Å². The second kappa shape index (κ2) is 15.3. The van der Waals surface area contributed by atoms with Crippen molar-refractivity contribution in [3.05, 3.63) is 35.0 Å². The Morgan fingerprint density at radius 1 is 1.10 bits per heavy atom. The van der Waals surface area contributed by atoms with E-state index in [2.05, 4.69) is 39.4 Å². The van der Waals surface area contributed by atoms with E-state index in [0.717, 1.165) is 24.8 Å². The third kappa shape index (κ3) is 8.47. The zero-order valence-corrected chi connectivity index (χ0v) is 24.4. The number of fused-ring (bicyclic) bond motifs is 1. The Balaban J connectivity index is 1.51. The third-order valence-corrected chi connectivity index (χ3v) is 6.92. The van der Waals surface area contributed by atoms with Gasteiger partial charge in [-0.25, -0.2) is 4.98 Å². The number of unbranched alkanes of at least 4 members (excludes halogenated alkanes) is 5. The zero-order chi connectivity index (χ0) is 29.0. The second-order valence-corrected chi connectivity index (χ2v) is 10.1. The number of esters is 1. The van der Waals surface area contributed by atoms with E-state index in [9.17, 15) is 9.59 Å². The summed E-state index contributed by atoms with van der Waals surface area (Å²) in [7, 11) is 0. The minimum atomic E-state index is -0.881. The SMILES string of the molecule is CC#COOC(C)(CC)c1[nH]n2nc(-c3ccc(NC(=O)CCC(=O)OCCCCCCCC)cc3)nc2c1Cl. The number of benzene rings is 1. The van der Waals surface area contributed by atoms with Gasteiger partial charge in [0.05, 0.1) is 18.7 Å². The first kappa shape index (κ1) is 31.0. The Morgan fingerprint density at radius 2 is 1.82 bits per heavy atom. The number of H-pyrrole nitrogens is 1. The lowest BCUT2D eigenvalue weighted by Gasteiger charge is -2.23. The first-order chi connectivity index (χ1) is 19.3. The van der Waals surface area contributed by atoms with Crippen molar-refractivity contribution < 1.29 is 24.1 Å². The van der Waals surface area contributed by atoms with Gasteiger partial charge in [0.2, 0.25) is 5.91 Å². The van der Waals surface area contributed by atoms with Gasteiger partial charge in [-0.3, -0.25) is 19.6 Å². The Labute approximate surface area is 240 Å². The van der Waals surface area contributed by atoms with Crippen LogP contribution in [0.2, 0.25) is 5.02 Å². The average molecular weight is 572 g/mol. The molecule has 1 amide bonds. The maximum Gasteiger partial charge on any atom is 0.306 e. The molecule has 0 saturated heterocycles. The number of rotatable bonds is 16. The van der Waals surface area contributed by atoms with Gasteiger partial charge in [-0.1, -0.05) is 63.5 Å². The van der Waals surface area contributed by atoms with E-state index in [4.69, 9.17) is 26.1 Å². The predicted octanol–water partition coefficient (Wildman–Crippen LogP) is 6.55. The quantitative estimate of drug-likeness (QED) is 0.0657. The summed E-state index contributed by atoms with van der Waals surface area (Å²) < 4.78 is 6.71. The summed E-state index contributed by atoms with van der Waals surface area (Å²) in [6.07, 6.45) is 9.82. The summed E-state index contributed by atoms with van der Waals surface area (Å²) in [6.45, 7) is 8.00. The number of hydrogen-bond donors (Lipinski definition) is 2. The molecule has 0 aliphatic carbocycles. The van der Waals surface area contributed by atoms with E-state index in [1.54, 1.807) is 31.2 Å². The molecule has 0 radical (unpaired) electrons. The van der Waals surface area contributed by atoms with Gasteiger partial charge >= 0.3 is 5.97 Å². The Kier molecular flexibility index (Phi) is 11.8. The molecule has 0 saturated carbocycles. The van der Waals surface area contributed by atoms with Crippen LogP contribution in [0.4, 0.5) is 5.69 Å². The van der Waals surface area contributed by atoms with E-state index in [1.165, 1.54) is 23.9 Å². The van der Waals surface area contributed by atoms with Crippen LogP contribution in [0.25, 0.3) is 17.0 Å². The van der Waals surface area contributed by atoms with Gasteiger partial charge in [-0.2, -0.15) is 9.52 Å². The molecule has 3 rings (SSSR count). The number of hydrogen-bond acceptors (Lipinski definition) is 7. The van der Waals surface area contributed by atoms with E-state index < -0.39 is 5.60 Å². The fourth-order valence-corrected chi connectivity index (χ4v) is 4.35. The third-order valence-electron chi connectivity index (χ3n) is 6.56. The molecule has 2 N–H and O–H groups in total. The Hall–Kier alpha value is -3.55. The van der Waals surface area contributed by atoms with Crippen LogP contribution < -0.4 is 5.32 Å². The molecular formula is C29H38ClN5O5. The van der Waals surface area contributed by atoms with E-state index in [0.29, 0.717) is 40.9 Å². The molecule has 2 aromatic heterocycles. The molecule has 1 atom stereocenters. The highest BCUT2D eigenvalue weighted by molar-refractivity contribution is 6.34. The van der Waals surface area contributed by atoms with Crippen molar-refractivity contribution in [2.75, 3.05) is 11.9 Å². The molecule has 11 heteroatoms. The van der Waals surface area contributed by atoms with Crippen LogP contribution in [0.15, 0.2) is 24.3 Å². The van der Waals surface area contributed by atoms with Crippen molar-refractivity contribution in [3.8, 4) is 23.4 Å². The topological polar surface area (TPSA) is 120 Å². The number of ether oxygens (including phenoxy) is 1. The van der Waals surface area contributed by atoms with Crippen LogP contribution in [0.3, 0.4) is 0 Å². The molecule has 0 bridgehead atoms. The standard InChI is InChI=1S/C29H38ClN5O5/c1-5-8-9-10-11-12-20-38-24(37)18-17-23(36)31-22-15-13-21(14-16-22)27-32-28-25(30)26(33-35(28)34-27)29(4,7-3)40-39-19-6-2/h13-16,33H,5,7-12,17-18,20H2,1-4H3,(H,31,36). The zero-order valence-electron chi connectivity index (χ0n) is 23.6. The summed E-state index contributed by atoms with van der Waals surface area (Å²) >= 11 is 6.62. The van der Waals surface area contributed by atoms with Gasteiger partial charge in [0, 0.05) is 24.6 Å². The van der Waals surface area contributed by atoms with Crippen molar-refractivity contribution in [2.45, 2.75) is 91.1 Å². The molecule has 0 aliphatic heterocycles. The average Bonchev–Trinajstić information content (AvgIpc) is 3.51. The van der Waals surface area contributed by atoms with Crippen LogP contribution in [0.5, 0.6) is 0 Å². The Bertz CT molecular complexity index is 1320. The summed E-state index contributed by atoms with van der Waals surface area (Å²) in [4.78, 5) is 39.2. The number of nitrogens with zero attached hydrogens (tertiary/aromatic N) is 3. The van der Waals surface area contributed by atoms with Crippen molar-refractivity contribution >= 4 is 34.8 Å². The lowest BCUT2D eigenvalue weighted by molar-refractivity contribution is -0.319. The molecule has 1 unspecified atom stereocenters. The van der Waals surface area contributed by atoms with Crippen LogP contribution in [0, 0.1) is 12.0 Å². The second-order valence-electron chi connectivity index (χ2n) is 9.69. The van der Waals surface area contributed by atoms with Crippen molar-refractivity contribution in [3.63, 3.8) is 0 Å². The van der Waals surface area contributed by atoms with Crippen LogP contribution in [0.1, 0.15) is 91.2 Å². The monoisotopic (exact) mass is 571 g/mol. The smallest absolute Gasteiger partial charge is 0.306 e. The minimum Gasteiger partial charge on any atom is -0.466 e. The van der Waals surface area contributed by atoms with Crippen molar-refractivity contribution in [1.29, 1.82) is 0 Å². The lowest BCUT2D eigenvalue weighted by Crippen LogP contribution is -2.25. The first-order valence-electron chi connectivity index (χ1n) is 13.8. The summed E-state index contributed by atoms with van der Waals surface area (Å²) in [5.74, 6) is 2.45. The number of halogens is 1. The Morgan fingerprint density at radius 3 is 2.50 bits per heavy atom. The number of carbonyl (C=O) groups is 2. The van der Waals surface area contributed by atoms with Crippen LogP contribution in [-0.2, 0) is 29.7 Å². The van der Waals surface area contributed by atoms with E-state index in [-0.39, 0.29) is 24.7 Å². The van der Waals surface area contributed by atoms with Crippen LogP contribution in [-0.4, -0.2) is 38.3 Å². The number of anilines is 1. The first-order valence-corrected chi connectivity index (χ1v) is 14.2. The summed E-state index contributed by atoms with van der Waals surface area (Å²) in [5, 5.41) is 10.8. The maximum atomic E-state index is 12.3. The molecule has 40 heavy (non-hydrogen) atoms.